The van der Waals surface area contributed by atoms with Crippen LogP contribution in [0.3, 0.4) is 0 Å². The van der Waals surface area contributed by atoms with Crippen LogP contribution in [0.4, 0.5) is 0 Å². The fourth-order valence-corrected chi connectivity index (χ4v) is 5.18. The van der Waals surface area contributed by atoms with Gasteiger partial charge in [-0.05, 0) is 67.0 Å². The van der Waals surface area contributed by atoms with Crippen molar-refractivity contribution in [1.29, 1.82) is 0 Å². The molecule has 2 aromatic rings. The lowest BCUT2D eigenvalue weighted by molar-refractivity contribution is 0.273. The van der Waals surface area contributed by atoms with Crippen molar-refractivity contribution in [2.45, 2.75) is 43.9 Å². The van der Waals surface area contributed by atoms with Crippen LogP contribution < -0.4 is 4.74 Å². The first-order valence-electron chi connectivity index (χ1n) is 9.75. The zero-order valence-electron chi connectivity index (χ0n) is 16.2. The van der Waals surface area contributed by atoms with E-state index in [2.05, 4.69) is 19.1 Å². The third-order valence-corrected chi connectivity index (χ3v) is 7.27. The van der Waals surface area contributed by atoms with Gasteiger partial charge in [0.15, 0.2) is 0 Å². The van der Waals surface area contributed by atoms with Gasteiger partial charge >= 0.3 is 0 Å². The smallest absolute Gasteiger partial charge is 0.243 e. The summed E-state index contributed by atoms with van der Waals surface area (Å²) in [6.45, 7) is 3.32. The first-order chi connectivity index (χ1) is 13.0. The monoisotopic (exact) mass is 387 g/mol. The molecule has 0 bridgehead atoms. The molecule has 0 N–H and O–H groups in total. The second-order valence-electron chi connectivity index (χ2n) is 7.29. The van der Waals surface area contributed by atoms with E-state index in [0.29, 0.717) is 23.9 Å². The van der Waals surface area contributed by atoms with Crippen LogP contribution in [0.2, 0.25) is 0 Å². The van der Waals surface area contributed by atoms with E-state index in [0.717, 1.165) is 37.9 Å². The van der Waals surface area contributed by atoms with E-state index in [1.807, 2.05) is 24.3 Å². The lowest BCUT2D eigenvalue weighted by Gasteiger charge is -2.31. The largest absolute Gasteiger partial charge is 0.497 e. The Morgan fingerprint density at radius 1 is 0.963 bits per heavy atom. The van der Waals surface area contributed by atoms with Gasteiger partial charge in [0.1, 0.15) is 5.75 Å². The number of sulfonamides is 1. The van der Waals surface area contributed by atoms with Crippen LogP contribution in [0, 0.1) is 5.92 Å². The SMILES string of the molecule is CCCc1ccc(S(=O)(=O)N2CCC(Cc3ccc(OC)cc3)CC2)cc1. The lowest BCUT2D eigenvalue weighted by atomic mass is 9.91. The number of benzene rings is 2. The highest BCUT2D eigenvalue weighted by Crippen LogP contribution is 2.27. The molecule has 2 aromatic carbocycles. The predicted molar refractivity (Wildman–Crippen MR) is 109 cm³/mol. The molecular weight excluding hydrogens is 358 g/mol. The fourth-order valence-electron chi connectivity index (χ4n) is 3.71. The van der Waals surface area contributed by atoms with Crippen molar-refractivity contribution in [3.63, 3.8) is 0 Å². The van der Waals surface area contributed by atoms with Crippen molar-refractivity contribution in [2.24, 2.45) is 5.92 Å². The summed E-state index contributed by atoms with van der Waals surface area (Å²) in [4.78, 5) is 0.413. The highest BCUT2D eigenvalue weighted by atomic mass is 32.2. The molecule has 0 saturated carbocycles. The van der Waals surface area contributed by atoms with Crippen molar-refractivity contribution in [1.82, 2.24) is 4.31 Å². The number of rotatable bonds is 7. The molecule has 0 aromatic heterocycles. The molecule has 1 fully saturated rings. The minimum atomic E-state index is -3.38. The summed E-state index contributed by atoms with van der Waals surface area (Å²) in [6, 6.07) is 15.5. The van der Waals surface area contributed by atoms with Gasteiger partial charge in [0.2, 0.25) is 10.0 Å². The molecule has 0 amide bonds. The minimum absolute atomic E-state index is 0.413. The molecule has 0 spiro atoms. The molecule has 4 nitrogen and oxygen atoms in total. The maximum atomic E-state index is 12.9. The average Bonchev–Trinajstić information content (AvgIpc) is 2.70. The second kappa shape index (κ2) is 8.89. The van der Waals surface area contributed by atoms with Crippen molar-refractivity contribution in [3.8, 4) is 5.75 Å². The van der Waals surface area contributed by atoms with Crippen molar-refractivity contribution < 1.29 is 13.2 Å². The maximum absolute atomic E-state index is 12.9. The van der Waals surface area contributed by atoms with Gasteiger partial charge in [-0.3, -0.25) is 0 Å². The lowest BCUT2D eigenvalue weighted by Crippen LogP contribution is -2.38. The van der Waals surface area contributed by atoms with Crippen molar-refractivity contribution >= 4 is 10.0 Å². The van der Waals surface area contributed by atoms with Gasteiger partial charge in [-0.15, -0.1) is 0 Å². The van der Waals surface area contributed by atoms with Crippen LogP contribution >= 0.6 is 0 Å². The highest BCUT2D eigenvalue weighted by molar-refractivity contribution is 7.89. The number of ether oxygens (including phenoxy) is 1. The zero-order valence-corrected chi connectivity index (χ0v) is 17.0. The standard InChI is InChI=1S/C22H29NO3S/c1-3-4-18-7-11-22(12-8-18)27(24,25)23-15-13-20(14-16-23)17-19-5-9-21(26-2)10-6-19/h5-12,20H,3-4,13-17H2,1-2H3. The molecular formula is C22H29NO3S. The fraction of sp³-hybridized carbons (Fsp3) is 0.455. The van der Waals surface area contributed by atoms with E-state index in [4.69, 9.17) is 4.74 Å². The molecule has 0 atom stereocenters. The number of methoxy groups -OCH3 is 1. The second-order valence-corrected chi connectivity index (χ2v) is 9.23. The van der Waals surface area contributed by atoms with Crippen LogP contribution in [0.15, 0.2) is 53.4 Å². The van der Waals surface area contributed by atoms with E-state index >= 15 is 0 Å². The van der Waals surface area contributed by atoms with Crippen LogP contribution in [0.1, 0.15) is 37.3 Å². The Morgan fingerprint density at radius 3 is 2.11 bits per heavy atom. The molecule has 5 heteroatoms. The summed E-state index contributed by atoms with van der Waals surface area (Å²) in [5.41, 5.74) is 2.47. The summed E-state index contributed by atoms with van der Waals surface area (Å²) in [7, 11) is -1.71. The highest BCUT2D eigenvalue weighted by Gasteiger charge is 2.29. The molecule has 1 aliphatic rings. The summed E-state index contributed by atoms with van der Waals surface area (Å²) in [5.74, 6) is 1.39. The molecule has 0 aliphatic carbocycles. The number of piperidine rings is 1. The predicted octanol–water partition coefficient (Wildman–Crippen LogP) is 4.29. The van der Waals surface area contributed by atoms with Crippen LogP contribution in [-0.4, -0.2) is 32.9 Å². The van der Waals surface area contributed by atoms with Crippen molar-refractivity contribution in [2.75, 3.05) is 20.2 Å². The van der Waals surface area contributed by atoms with Crippen LogP contribution in [-0.2, 0) is 22.9 Å². The van der Waals surface area contributed by atoms with Gasteiger partial charge < -0.3 is 4.74 Å². The number of nitrogens with zero attached hydrogens (tertiary/aromatic N) is 1. The first-order valence-corrected chi connectivity index (χ1v) is 11.2. The number of aryl methyl sites for hydroxylation is 1. The van der Waals surface area contributed by atoms with Crippen LogP contribution in [0.5, 0.6) is 5.75 Å². The normalized spacial score (nSPS) is 16.4. The Bertz CT molecular complexity index is 821. The Kier molecular flexibility index (Phi) is 6.55. The van der Waals surface area contributed by atoms with E-state index in [1.165, 1.54) is 11.1 Å². The third kappa shape index (κ3) is 4.90. The van der Waals surface area contributed by atoms with Gasteiger partial charge in [0.25, 0.3) is 0 Å². The quantitative estimate of drug-likeness (QED) is 0.712. The average molecular weight is 388 g/mol. The van der Waals surface area contributed by atoms with Gasteiger partial charge in [-0.2, -0.15) is 4.31 Å². The molecule has 0 unspecified atom stereocenters. The van der Waals surface area contributed by atoms with Crippen molar-refractivity contribution in [3.05, 3.63) is 59.7 Å². The summed E-state index contributed by atoms with van der Waals surface area (Å²) < 4.78 is 32.7. The molecule has 27 heavy (non-hydrogen) atoms. The molecule has 1 heterocycles. The molecule has 146 valence electrons. The van der Waals surface area contributed by atoms with Gasteiger partial charge in [-0.1, -0.05) is 37.6 Å². The third-order valence-electron chi connectivity index (χ3n) is 5.36. The molecule has 1 aliphatic heterocycles. The Morgan fingerprint density at radius 2 is 1.56 bits per heavy atom. The molecule has 1 saturated heterocycles. The van der Waals surface area contributed by atoms with E-state index in [1.54, 1.807) is 23.5 Å². The minimum Gasteiger partial charge on any atom is -0.497 e. The Balaban J connectivity index is 1.58. The number of hydrogen-bond donors (Lipinski definition) is 0. The van der Waals surface area contributed by atoms with Gasteiger partial charge in [0, 0.05) is 13.1 Å². The van der Waals surface area contributed by atoms with E-state index < -0.39 is 10.0 Å². The van der Waals surface area contributed by atoms with Gasteiger partial charge in [0.05, 0.1) is 12.0 Å². The Hall–Kier alpha value is -1.85. The molecule has 3 rings (SSSR count). The maximum Gasteiger partial charge on any atom is 0.243 e. The Labute approximate surface area is 163 Å². The van der Waals surface area contributed by atoms with E-state index in [-0.39, 0.29) is 0 Å². The summed E-state index contributed by atoms with van der Waals surface area (Å²) >= 11 is 0. The van der Waals surface area contributed by atoms with Gasteiger partial charge in [-0.25, -0.2) is 8.42 Å². The molecule has 0 radical (unpaired) electrons. The zero-order chi connectivity index (χ0) is 19.3. The first kappa shape index (κ1) is 19.9. The van der Waals surface area contributed by atoms with Crippen LogP contribution in [0.25, 0.3) is 0 Å². The van der Waals surface area contributed by atoms with E-state index in [9.17, 15) is 8.42 Å². The number of hydrogen-bond acceptors (Lipinski definition) is 3. The summed E-state index contributed by atoms with van der Waals surface area (Å²) in [5, 5.41) is 0. The topological polar surface area (TPSA) is 46.6 Å². The summed E-state index contributed by atoms with van der Waals surface area (Å²) in [6.07, 6.45) is 4.84.